The SMILES string of the molecule is C[C@@H]1CN(C)CCN1C(=O)c1cccc(N2CCCS2(=O)=O)c1. The lowest BCUT2D eigenvalue weighted by Gasteiger charge is -2.38. The van der Waals surface area contributed by atoms with Crippen LogP contribution in [0, 0.1) is 0 Å². The molecule has 1 aromatic carbocycles. The Morgan fingerprint density at radius 2 is 2.00 bits per heavy atom. The van der Waals surface area contributed by atoms with Crippen molar-refractivity contribution in [2.24, 2.45) is 0 Å². The minimum Gasteiger partial charge on any atom is -0.333 e. The van der Waals surface area contributed by atoms with Gasteiger partial charge in [-0.2, -0.15) is 0 Å². The van der Waals surface area contributed by atoms with Gasteiger partial charge in [0, 0.05) is 37.8 Å². The van der Waals surface area contributed by atoms with Crippen LogP contribution in [0.25, 0.3) is 0 Å². The van der Waals surface area contributed by atoms with E-state index < -0.39 is 10.0 Å². The van der Waals surface area contributed by atoms with Crippen LogP contribution in [0.4, 0.5) is 5.69 Å². The molecule has 0 N–H and O–H groups in total. The second kappa shape index (κ2) is 6.13. The first-order valence-corrected chi connectivity index (χ1v) is 9.59. The van der Waals surface area contributed by atoms with Crippen molar-refractivity contribution in [3.63, 3.8) is 0 Å². The fourth-order valence-corrected chi connectivity index (χ4v) is 4.89. The molecular weight excluding hydrogens is 314 g/mol. The summed E-state index contributed by atoms with van der Waals surface area (Å²) in [6, 6.07) is 7.14. The maximum absolute atomic E-state index is 12.8. The number of likely N-dealkylation sites (N-methyl/N-ethyl adjacent to an activating group) is 1. The van der Waals surface area contributed by atoms with Crippen LogP contribution < -0.4 is 4.31 Å². The first-order chi connectivity index (χ1) is 10.9. The van der Waals surface area contributed by atoms with Crippen molar-refractivity contribution in [1.82, 2.24) is 9.80 Å². The maximum Gasteiger partial charge on any atom is 0.254 e. The number of sulfonamides is 1. The smallest absolute Gasteiger partial charge is 0.254 e. The molecule has 1 aromatic rings. The predicted octanol–water partition coefficient (Wildman–Crippen LogP) is 1.00. The third-order valence-corrected chi connectivity index (χ3v) is 6.44. The Balaban J connectivity index is 1.84. The fraction of sp³-hybridized carbons (Fsp3) is 0.562. The topological polar surface area (TPSA) is 60.9 Å². The largest absolute Gasteiger partial charge is 0.333 e. The molecule has 0 unspecified atom stereocenters. The van der Waals surface area contributed by atoms with Crippen molar-refractivity contribution < 1.29 is 13.2 Å². The highest BCUT2D eigenvalue weighted by molar-refractivity contribution is 7.93. The zero-order valence-electron chi connectivity index (χ0n) is 13.6. The average Bonchev–Trinajstić information content (AvgIpc) is 2.86. The van der Waals surface area contributed by atoms with Gasteiger partial charge in [-0.25, -0.2) is 8.42 Å². The lowest BCUT2D eigenvalue weighted by molar-refractivity contribution is 0.0533. The van der Waals surface area contributed by atoms with Gasteiger partial charge in [0.2, 0.25) is 10.0 Å². The van der Waals surface area contributed by atoms with Crippen LogP contribution in [-0.4, -0.2) is 69.1 Å². The lowest BCUT2D eigenvalue weighted by atomic mass is 10.1. The predicted molar refractivity (Wildman–Crippen MR) is 90.2 cm³/mol. The van der Waals surface area contributed by atoms with E-state index in [4.69, 9.17) is 0 Å². The Kier molecular flexibility index (Phi) is 4.33. The van der Waals surface area contributed by atoms with Gasteiger partial charge >= 0.3 is 0 Å². The van der Waals surface area contributed by atoms with Crippen LogP contribution >= 0.6 is 0 Å². The zero-order chi connectivity index (χ0) is 16.6. The third-order valence-electron chi connectivity index (χ3n) is 4.57. The van der Waals surface area contributed by atoms with Gasteiger partial charge in [-0.15, -0.1) is 0 Å². The molecule has 2 aliphatic heterocycles. The number of hydrogen-bond donors (Lipinski definition) is 0. The molecule has 2 fully saturated rings. The van der Waals surface area contributed by atoms with E-state index in [1.54, 1.807) is 24.3 Å². The fourth-order valence-electron chi connectivity index (χ4n) is 3.33. The molecule has 1 atom stereocenters. The highest BCUT2D eigenvalue weighted by atomic mass is 32.2. The van der Waals surface area contributed by atoms with E-state index in [2.05, 4.69) is 11.9 Å². The molecule has 1 amide bonds. The van der Waals surface area contributed by atoms with E-state index in [0.29, 0.717) is 30.8 Å². The van der Waals surface area contributed by atoms with Gasteiger partial charge in [-0.1, -0.05) is 6.07 Å². The Hall–Kier alpha value is -1.60. The van der Waals surface area contributed by atoms with Gasteiger partial charge in [-0.3, -0.25) is 9.10 Å². The van der Waals surface area contributed by atoms with E-state index in [1.165, 1.54) is 4.31 Å². The van der Waals surface area contributed by atoms with Crippen molar-refractivity contribution in [3.05, 3.63) is 29.8 Å². The minimum atomic E-state index is -3.22. The molecule has 3 rings (SSSR count). The third kappa shape index (κ3) is 3.21. The van der Waals surface area contributed by atoms with Gasteiger partial charge in [0.05, 0.1) is 11.4 Å². The summed E-state index contributed by atoms with van der Waals surface area (Å²) in [5.41, 5.74) is 1.15. The molecule has 7 heteroatoms. The molecule has 0 spiro atoms. The van der Waals surface area contributed by atoms with Gasteiger partial charge in [0.25, 0.3) is 5.91 Å². The molecule has 2 aliphatic rings. The van der Waals surface area contributed by atoms with Crippen molar-refractivity contribution in [3.8, 4) is 0 Å². The highest BCUT2D eigenvalue weighted by Gasteiger charge is 2.30. The summed E-state index contributed by atoms with van der Waals surface area (Å²) >= 11 is 0. The van der Waals surface area contributed by atoms with Crippen LogP contribution in [-0.2, 0) is 10.0 Å². The van der Waals surface area contributed by atoms with Crippen molar-refractivity contribution in [2.75, 3.05) is 43.3 Å². The Bertz CT molecular complexity index is 704. The monoisotopic (exact) mass is 337 g/mol. The summed E-state index contributed by atoms with van der Waals surface area (Å²) in [4.78, 5) is 16.9. The summed E-state index contributed by atoms with van der Waals surface area (Å²) in [7, 11) is -1.17. The average molecular weight is 337 g/mol. The summed E-state index contributed by atoms with van der Waals surface area (Å²) in [5.74, 6) is 0.157. The Morgan fingerprint density at radius 3 is 2.65 bits per heavy atom. The molecule has 6 nitrogen and oxygen atoms in total. The van der Waals surface area contributed by atoms with Crippen LogP contribution in [0.3, 0.4) is 0 Å². The first kappa shape index (κ1) is 16.3. The van der Waals surface area contributed by atoms with E-state index in [-0.39, 0.29) is 17.7 Å². The maximum atomic E-state index is 12.8. The molecule has 23 heavy (non-hydrogen) atoms. The van der Waals surface area contributed by atoms with Crippen LogP contribution in [0.1, 0.15) is 23.7 Å². The van der Waals surface area contributed by atoms with Crippen LogP contribution in [0.2, 0.25) is 0 Å². The number of amides is 1. The molecule has 0 aromatic heterocycles. The zero-order valence-corrected chi connectivity index (χ0v) is 14.4. The second-order valence-corrected chi connectivity index (χ2v) is 8.41. The summed E-state index contributed by atoms with van der Waals surface area (Å²) < 4.78 is 25.5. The lowest BCUT2D eigenvalue weighted by Crippen LogP contribution is -2.52. The van der Waals surface area contributed by atoms with Gasteiger partial charge in [0.1, 0.15) is 0 Å². The summed E-state index contributed by atoms with van der Waals surface area (Å²) in [5, 5.41) is 0. The Morgan fingerprint density at radius 1 is 1.22 bits per heavy atom. The van der Waals surface area contributed by atoms with E-state index in [0.717, 1.165) is 13.1 Å². The van der Waals surface area contributed by atoms with E-state index in [1.807, 2.05) is 11.8 Å². The number of rotatable bonds is 2. The van der Waals surface area contributed by atoms with Crippen LogP contribution in [0.15, 0.2) is 24.3 Å². The first-order valence-electron chi connectivity index (χ1n) is 7.98. The number of piperazine rings is 1. The number of hydrogen-bond acceptors (Lipinski definition) is 4. The van der Waals surface area contributed by atoms with Crippen LogP contribution in [0.5, 0.6) is 0 Å². The van der Waals surface area contributed by atoms with Crippen molar-refractivity contribution >= 4 is 21.6 Å². The van der Waals surface area contributed by atoms with Gasteiger partial charge < -0.3 is 9.80 Å². The van der Waals surface area contributed by atoms with Crippen molar-refractivity contribution in [2.45, 2.75) is 19.4 Å². The van der Waals surface area contributed by atoms with E-state index in [9.17, 15) is 13.2 Å². The number of benzene rings is 1. The molecule has 0 aliphatic carbocycles. The highest BCUT2D eigenvalue weighted by Crippen LogP contribution is 2.25. The molecule has 0 bridgehead atoms. The quantitative estimate of drug-likeness (QED) is 0.808. The Labute approximate surface area is 137 Å². The van der Waals surface area contributed by atoms with Gasteiger partial charge in [-0.05, 0) is 38.6 Å². The number of carbonyl (C=O) groups is 1. The molecule has 0 radical (unpaired) electrons. The number of carbonyl (C=O) groups excluding carboxylic acids is 1. The normalized spacial score (nSPS) is 24.9. The van der Waals surface area contributed by atoms with Crippen molar-refractivity contribution in [1.29, 1.82) is 0 Å². The summed E-state index contributed by atoms with van der Waals surface area (Å²) in [6.07, 6.45) is 0.635. The molecule has 0 saturated carbocycles. The molecular formula is C16H23N3O3S. The molecule has 2 heterocycles. The number of nitrogens with zero attached hydrogens (tertiary/aromatic N) is 3. The number of anilines is 1. The molecule has 126 valence electrons. The summed E-state index contributed by atoms with van der Waals surface area (Å²) in [6.45, 7) is 4.94. The standard InChI is InChI=1S/C16H23N3O3S/c1-13-12-17(2)8-9-18(13)16(20)14-5-3-6-15(11-14)19-7-4-10-23(19,21)22/h3,5-6,11,13H,4,7-10,12H2,1-2H3/t13-/m1/s1. The van der Waals surface area contributed by atoms with Gasteiger partial charge in [0.15, 0.2) is 0 Å². The van der Waals surface area contributed by atoms with E-state index >= 15 is 0 Å². The minimum absolute atomic E-state index is 0.0240. The second-order valence-electron chi connectivity index (χ2n) is 6.40. The molecule has 2 saturated heterocycles.